The minimum atomic E-state index is -0.0362. The number of carbonyl (C=O) groups excluding carboxylic acids is 2. The van der Waals surface area contributed by atoms with Gasteiger partial charge < -0.3 is 9.80 Å². The Morgan fingerprint density at radius 2 is 1.69 bits per heavy atom. The van der Waals surface area contributed by atoms with Crippen molar-refractivity contribution in [1.82, 2.24) is 24.6 Å². The molecule has 2 aliphatic rings. The van der Waals surface area contributed by atoms with Crippen molar-refractivity contribution in [2.45, 2.75) is 32.2 Å². The van der Waals surface area contributed by atoms with Crippen LogP contribution in [0.5, 0.6) is 0 Å². The van der Waals surface area contributed by atoms with Crippen LogP contribution in [0.1, 0.15) is 36.8 Å². The third kappa shape index (κ3) is 5.50. The lowest BCUT2D eigenvalue weighted by Crippen LogP contribution is -2.51. The summed E-state index contributed by atoms with van der Waals surface area (Å²) in [5.41, 5.74) is 3.73. The van der Waals surface area contributed by atoms with E-state index in [2.05, 4.69) is 17.1 Å². The van der Waals surface area contributed by atoms with Crippen molar-refractivity contribution < 1.29 is 9.59 Å². The molecule has 0 bridgehead atoms. The second-order valence-corrected chi connectivity index (χ2v) is 9.32. The lowest BCUT2D eigenvalue weighted by molar-refractivity contribution is -0.140. The molecule has 3 aromatic rings. The van der Waals surface area contributed by atoms with Crippen LogP contribution in [0.15, 0.2) is 67.1 Å². The molecule has 0 atom stereocenters. The zero-order valence-electron chi connectivity index (χ0n) is 19.9. The van der Waals surface area contributed by atoms with Gasteiger partial charge in [-0.25, -0.2) is 0 Å². The highest BCUT2D eigenvalue weighted by atomic mass is 16.2. The molecule has 3 heterocycles. The molecule has 1 aliphatic carbocycles. The standard InChI is InChI=1S/C28H31N5O2/c34-26(31-15-17-32(18-16-31)28(35)23-9-4-5-10-23)13-12-25-21-33(20-22-7-2-1-3-8-22)30-27(25)24-11-6-14-29-19-24/h1-3,6-8,11-14,19,21,23H,4-5,9-10,15-18,20H2/b13-12+. The SMILES string of the molecule is O=C(/C=C/c1cn(Cc2ccccc2)nc1-c1cccnc1)N1CCN(C(=O)C2CCCC2)CC1. The second-order valence-electron chi connectivity index (χ2n) is 9.32. The molecule has 0 spiro atoms. The molecule has 2 aromatic heterocycles. The summed E-state index contributed by atoms with van der Waals surface area (Å²) in [6, 6.07) is 14.0. The lowest BCUT2D eigenvalue weighted by atomic mass is 10.1. The van der Waals surface area contributed by atoms with E-state index in [4.69, 9.17) is 5.10 Å². The summed E-state index contributed by atoms with van der Waals surface area (Å²) in [6.07, 6.45) is 13.3. The molecule has 0 radical (unpaired) electrons. The molecule has 1 aliphatic heterocycles. The summed E-state index contributed by atoms with van der Waals surface area (Å²) in [6.45, 7) is 3.03. The Hall–Kier alpha value is -3.74. The largest absolute Gasteiger partial charge is 0.339 e. The summed E-state index contributed by atoms with van der Waals surface area (Å²) in [5.74, 6) is 0.429. The van der Waals surface area contributed by atoms with Crippen molar-refractivity contribution in [1.29, 1.82) is 0 Å². The molecule has 1 aromatic carbocycles. The van der Waals surface area contributed by atoms with Crippen LogP contribution < -0.4 is 0 Å². The van der Waals surface area contributed by atoms with Crippen LogP contribution in [0, 0.1) is 5.92 Å². The molecule has 0 unspecified atom stereocenters. The van der Waals surface area contributed by atoms with E-state index in [-0.39, 0.29) is 17.7 Å². The van der Waals surface area contributed by atoms with E-state index < -0.39 is 0 Å². The first-order chi connectivity index (χ1) is 17.2. The number of carbonyl (C=O) groups is 2. The first kappa shape index (κ1) is 23.0. The van der Waals surface area contributed by atoms with E-state index in [1.165, 1.54) is 0 Å². The molecule has 1 saturated carbocycles. The first-order valence-corrected chi connectivity index (χ1v) is 12.4. The van der Waals surface area contributed by atoms with Crippen LogP contribution in [0.25, 0.3) is 17.3 Å². The maximum absolute atomic E-state index is 12.9. The van der Waals surface area contributed by atoms with Gasteiger partial charge in [0.25, 0.3) is 0 Å². The van der Waals surface area contributed by atoms with Crippen molar-refractivity contribution in [3.63, 3.8) is 0 Å². The summed E-state index contributed by atoms with van der Waals surface area (Å²) < 4.78 is 1.90. The topological polar surface area (TPSA) is 71.3 Å². The molecule has 7 nitrogen and oxygen atoms in total. The number of hydrogen-bond donors (Lipinski definition) is 0. The van der Waals surface area contributed by atoms with Crippen LogP contribution in [-0.4, -0.2) is 62.6 Å². The first-order valence-electron chi connectivity index (χ1n) is 12.4. The Bertz CT molecular complexity index is 1170. The van der Waals surface area contributed by atoms with Gasteiger partial charge in [-0.1, -0.05) is 43.2 Å². The van der Waals surface area contributed by atoms with Gasteiger partial charge in [0.15, 0.2) is 0 Å². The number of benzene rings is 1. The average molecular weight is 470 g/mol. The van der Waals surface area contributed by atoms with Crippen LogP contribution >= 0.6 is 0 Å². The molecule has 2 fully saturated rings. The van der Waals surface area contributed by atoms with Crippen LogP contribution in [0.4, 0.5) is 0 Å². The van der Waals surface area contributed by atoms with Crippen molar-refractivity contribution in [2.75, 3.05) is 26.2 Å². The maximum atomic E-state index is 12.9. The maximum Gasteiger partial charge on any atom is 0.246 e. The smallest absolute Gasteiger partial charge is 0.246 e. The van der Waals surface area contributed by atoms with Gasteiger partial charge in [0, 0.05) is 67.9 Å². The van der Waals surface area contributed by atoms with Gasteiger partial charge in [-0.05, 0) is 36.6 Å². The van der Waals surface area contributed by atoms with E-state index in [1.807, 2.05) is 57.1 Å². The Labute approximate surface area is 206 Å². The number of pyridine rings is 1. The van der Waals surface area contributed by atoms with E-state index in [0.717, 1.165) is 48.1 Å². The van der Waals surface area contributed by atoms with Gasteiger partial charge in [0.05, 0.1) is 6.54 Å². The summed E-state index contributed by atoms with van der Waals surface area (Å²) in [5, 5.41) is 4.79. The molecular formula is C28H31N5O2. The highest BCUT2D eigenvalue weighted by Crippen LogP contribution is 2.27. The van der Waals surface area contributed by atoms with E-state index >= 15 is 0 Å². The molecule has 2 amide bonds. The highest BCUT2D eigenvalue weighted by molar-refractivity contribution is 5.93. The molecule has 5 rings (SSSR count). The fraction of sp³-hybridized carbons (Fsp3) is 0.357. The van der Waals surface area contributed by atoms with Crippen molar-refractivity contribution in [3.05, 3.63) is 78.3 Å². The molecule has 1 saturated heterocycles. The van der Waals surface area contributed by atoms with Gasteiger partial charge >= 0.3 is 0 Å². The Balaban J connectivity index is 1.27. The minimum absolute atomic E-state index is 0.0362. The number of aromatic nitrogens is 3. The number of rotatable bonds is 6. The van der Waals surface area contributed by atoms with Gasteiger partial charge in [-0.2, -0.15) is 5.10 Å². The monoisotopic (exact) mass is 469 g/mol. The Morgan fingerprint density at radius 1 is 0.943 bits per heavy atom. The normalized spacial score (nSPS) is 16.8. The second kappa shape index (κ2) is 10.7. The fourth-order valence-corrected chi connectivity index (χ4v) is 4.98. The van der Waals surface area contributed by atoms with E-state index in [0.29, 0.717) is 32.7 Å². The van der Waals surface area contributed by atoms with Crippen LogP contribution in [0.2, 0.25) is 0 Å². The predicted molar refractivity (Wildman–Crippen MR) is 135 cm³/mol. The fourth-order valence-electron chi connectivity index (χ4n) is 4.98. The van der Waals surface area contributed by atoms with E-state index in [9.17, 15) is 9.59 Å². The molecule has 7 heteroatoms. The average Bonchev–Trinajstić information content (AvgIpc) is 3.59. The molecule has 180 valence electrons. The van der Waals surface area contributed by atoms with Gasteiger partial charge in [-0.3, -0.25) is 19.3 Å². The quantitative estimate of drug-likeness (QED) is 0.514. The van der Waals surface area contributed by atoms with Crippen molar-refractivity contribution in [3.8, 4) is 11.3 Å². The van der Waals surface area contributed by atoms with Gasteiger partial charge in [0.2, 0.25) is 11.8 Å². The lowest BCUT2D eigenvalue weighted by Gasteiger charge is -2.35. The number of amides is 2. The minimum Gasteiger partial charge on any atom is -0.339 e. The molecular weight excluding hydrogens is 438 g/mol. The van der Waals surface area contributed by atoms with Gasteiger partial charge in [-0.15, -0.1) is 0 Å². The van der Waals surface area contributed by atoms with Crippen molar-refractivity contribution >= 4 is 17.9 Å². The zero-order chi connectivity index (χ0) is 24.0. The molecule has 0 N–H and O–H groups in total. The summed E-state index contributed by atoms with van der Waals surface area (Å²) in [4.78, 5) is 33.6. The highest BCUT2D eigenvalue weighted by Gasteiger charge is 2.30. The van der Waals surface area contributed by atoms with E-state index in [1.54, 1.807) is 18.5 Å². The van der Waals surface area contributed by atoms with Crippen LogP contribution in [0.3, 0.4) is 0 Å². The Morgan fingerprint density at radius 3 is 2.40 bits per heavy atom. The Kier molecular flexibility index (Phi) is 7.02. The molecule has 35 heavy (non-hydrogen) atoms. The predicted octanol–water partition coefficient (Wildman–Crippen LogP) is 3.87. The number of hydrogen-bond acceptors (Lipinski definition) is 4. The zero-order valence-corrected chi connectivity index (χ0v) is 19.9. The summed E-state index contributed by atoms with van der Waals surface area (Å²) in [7, 11) is 0. The van der Waals surface area contributed by atoms with Gasteiger partial charge in [0.1, 0.15) is 5.69 Å². The third-order valence-electron chi connectivity index (χ3n) is 6.93. The third-order valence-corrected chi connectivity index (χ3v) is 6.93. The number of piperazine rings is 1. The number of nitrogens with zero attached hydrogens (tertiary/aromatic N) is 5. The van der Waals surface area contributed by atoms with Crippen molar-refractivity contribution in [2.24, 2.45) is 5.92 Å². The van der Waals surface area contributed by atoms with Crippen LogP contribution in [-0.2, 0) is 16.1 Å². The summed E-state index contributed by atoms with van der Waals surface area (Å²) >= 11 is 0.